The predicted octanol–water partition coefficient (Wildman–Crippen LogP) is 7.98. The van der Waals surface area contributed by atoms with Gasteiger partial charge in [0.25, 0.3) is 11.8 Å². The van der Waals surface area contributed by atoms with E-state index in [0.717, 1.165) is 19.2 Å². The van der Waals surface area contributed by atoms with Gasteiger partial charge in [0.05, 0.1) is 36.9 Å². The molecule has 6 rings (SSSR count). The number of methoxy groups -OCH3 is 2. The normalized spacial score (nSPS) is 14.2. The van der Waals surface area contributed by atoms with E-state index in [0.29, 0.717) is 23.4 Å². The molecule has 1 aliphatic heterocycles. The van der Waals surface area contributed by atoms with Crippen LogP contribution in [0.2, 0.25) is 5.02 Å². The van der Waals surface area contributed by atoms with Crippen molar-refractivity contribution in [1.29, 1.82) is 0 Å². The number of hydrogen-bond donors (Lipinski definition) is 1. The smallest absolute Gasteiger partial charge is 0.416 e. The van der Waals surface area contributed by atoms with Crippen LogP contribution in [0.4, 0.5) is 27.6 Å². The van der Waals surface area contributed by atoms with Crippen LogP contribution in [0.3, 0.4) is 0 Å². The number of fused-ring (bicyclic) bond motifs is 3. The van der Waals surface area contributed by atoms with Gasteiger partial charge in [0.1, 0.15) is 23.1 Å². The Kier molecular flexibility index (Phi) is 8.71. The third kappa shape index (κ3) is 6.36. The van der Waals surface area contributed by atoms with E-state index in [2.05, 4.69) is 10.3 Å². The summed E-state index contributed by atoms with van der Waals surface area (Å²) in [5.41, 5.74) is -1.39. The number of anilines is 1. The van der Waals surface area contributed by atoms with E-state index in [4.69, 9.17) is 21.1 Å². The van der Waals surface area contributed by atoms with Crippen molar-refractivity contribution in [2.45, 2.75) is 18.8 Å². The molecule has 250 valence electrons. The van der Waals surface area contributed by atoms with Crippen molar-refractivity contribution in [2.75, 3.05) is 19.5 Å². The molecule has 0 fully saturated rings. The van der Waals surface area contributed by atoms with E-state index in [1.807, 2.05) is 0 Å². The van der Waals surface area contributed by atoms with Crippen LogP contribution in [0.5, 0.6) is 5.75 Å². The SMILES string of the molecule is COC(=O)c1ccc2c3c(c(NC(=O)c4cc(F)cc(C(F)(F)F)c4)cc2n1)C(c1cc(F)ccc1Cl)N(Cc1ccc(OC)cc1)C3=O. The molecule has 49 heavy (non-hydrogen) atoms. The Balaban J connectivity index is 1.59. The predicted molar refractivity (Wildman–Crippen MR) is 169 cm³/mol. The van der Waals surface area contributed by atoms with Crippen molar-refractivity contribution in [3.63, 3.8) is 0 Å². The number of ether oxygens (including phenoxy) is 2. The molecule has 1 aromatic heterocycles. The Morgan fingerprint density at radius 2 is 1.67 bits per heavy atom. The van der Waals surface area contributed by atoms with Gasteiger partial charge in [-0.15, -0.1) is 0 Å². The number of nitrogens with one attached hydrogen (secondary N) is 1. The van der Waals surface area contributed by atoms with Crippen molar-refractivity contribution in [1.82, 2.24) is 9.88 Å². The lowest BCUT2D eigenvalue weighted by Crippen LogP contribution is -2.28. The molecule has 1 atom stereocenters. The van der Waals surface area contributed by atoms with E-state index in [1.54, 1.807) is 24.3 Å². The summed E-state index contributed by atoms with van der Waals surface area (Å²) in [4.78, 5) is 46.0. The molecule has 0 bridgehead atoms. The van der Waals surface area contributed by atoms with Crippen LogP contribution in [-0.4, -0.2) is 41.9 Å². The Hall–Kier alpha value is -5.56. The quantitative estimate of drug-likeness (QED) is 0.137. The molecule has 2 amide bonds. The first-order valence-corrected chi connectivity index (χ1v) is 14.8. The summed E-state index contributed by atoms with van der Waals surface area (Å²) < 4.78 is 79.6. The fourth-order valence-corrected chi connectivity index (χ4v) is 5.98. The molecule has 14 heteroatoms. The van der Waals surface area contributed by atoms with Crippen LogP contribution >= 0.6 is 11.6 Å². The molecule has 8 nitrogen and oxygen atoms in total. The molecule has 1 unspecified atom stereocenters. The van der Waals surface area contributed by atoms with Gasteiger partial charge < -0.3 is 19.7 Å². The molecule has 0 aliphatic carbocycles. The highest BCUT2D eigenvalue weighted by Gasteiger charge is 2.43. The summed E-state index contributed by atoms with van der Waals surface area (Å²) in [6, 6.07) is 14.7. The van der Waals surface area contributed by atoms with E-state index in [9.17, 15) is 36.3 Å². The van der Waals surface area contributed by atoms with Crippen LogP contribution in [0.1, 0.15) is 59.5 Å². The second kappa shape index (κ2) is 12.8. The first-order chi connectivity index (χ1) is 23.3. The number of aromatic nitrogens is 1. The molecular formula is C35H23ClF5N3O5. The third-order valence-corrected chi connectivity index (χ3v) is 8.33. The number of benzene rings is 4. The van der Waals surface area contributed by atoms with E-state index in [1.165, 1.54) is 36.3 Å². The minimum Gasteiger partial charge on any atom is -0.497 e. The maximum absolute atomic E-state index is 14.8. The van der Waals surface area contributed by atoms with Gasteiger partial charge in [-0.25, -0.2) is 18.6 Å². The summed E-state index contributed by atoms with van der Waals surface area (Å²) in [6.07, 6.45) is -4.96. The van der Waals surface area contributed by atoms with Crippen LogP contribution < -0.4 is 10.1 Å². The number of amides is 2. The monoisotopic (exact) mass is 695 g/mol. The summed E-state index contributed by atoms with van der Waals surface area (Å²) in [7, 11) is 2.64. The second-order valence-corrected chi connectivity index (χ2v) is 11.4. The van der Waals surface area contributed by atoms with Crippen LogP contribution in [0.15, 0.2) is 78.9 Å². The van der Waals surface area contributed by atoms with Gasteiger partial charge in [-0.05, 0) is 72.3 Å². The lowest BCUT2D eigenvalue weighted by molar-refractivity contribution is -0.137. The molecule has 2 heterocycles. The van der Waals surface area contributed by atoms with Crippen LogP contribution in [0, 0.1) is 11.6 Å². The Morgan fingerprint density at radius 1 is 0.939 bits per heavy atom. The summed E-state index contributed by atoms with van der Waals surface area (Å²) in [6.45, 7) is -0.0452. The van der Waals surface area contributed by atoms with Crippen molar-refractivity contribution in [3.8, 4) is 5.75 Å². The van der Waals surface area contributed by atoms with Crippen molar-refractivity contribution in [3.05, 3.63) is 135 Å². The lowest BCUT2D eigenvalue weighted by Gasteiger charge is -2.28. The second-order valence-electron chi connectivity index (χ2n) is 11.0. The molecule has 0 saturated carbocycles. The summed E-state index contributed by atoms with van der Waals surface area (Å²) in [5.74, 6) is -3.97. The molecule has 5 aromatic rings. The number of pyridine rings is 1. The van der Waals surface area contributed by atoms with Gasteiger partial charge in [-0.1, -0.05) is 23.7 Å². The highest BCUT2D eigenvalue weighted by atomic mass is 35.5. The van der Waals surface area contributed by atoms with Gasteiger partial charge in [0.2, 0.25) is 0 Å². The fourth-order valence-electron chi connectivity index (χ4n) is 5.76. The molecule has 4 aromatic carbocycles. The topological polar surface area (TPSA) is 97.8 Å². The standard InChI is InChI=1S/C35H23ClF5N3O5/c1-48-22-6-3-17(4-7-22)16-44-31(24-14-20(37)5-9-25(24)36)30-28(43-32(45)18-11-19(35(39,40)41)13-21(38)12-18)15-27-23(29(30)33(44)46)8-10-26(42-27)34(47)49-2/h3-15,31H,16H2,1-2H3,(H,43,45). The number of carbonyl (C=O) groups is 3. The molecule has 1 N–H and O–H groups in total. The zero-order valence-corrected chi connectivity index (χ0v) is 26.2. The van der Waals surface area contributed by atoms with Gasteiger partial charge in [0.15, 0.2) is 0 Å². The molecule has 1 aliphatic rings. The molecule has 0 radical (unpaired) electrons. The molecule has 0 spiro atoms. The minimum atomic E-state index is -4.96. The maximum atomic E-state index is 14.8. The maximum Gasteiger partial charge on any atom is 0.416 e. The minimum absolute atomic E-state index is 0.00535. The van der Waals surface area contributed by atoms with Crippen LogP contribution in [0.25, 0.3) is 10.9 Å². The fraction of sp³-hybridized carbons (Fsp3) is 0.143. The first-order valence-electron chi connectivity index (χ1n) is 14.4. The Bertz CT molecular complexity index is 2160. The molecule has 0 saturated heterocycles. The average molecular weight is 696 g/mol. The first kappa shape index (κ1) is 33.3. The molecular weight excluding hydrogens is 673 g/mol. The van der Waals surface area contributed by atoms with Gasteiger partial charge >= 0.3 is 12.1 Å². The zero-order valence-electron chi connectivity index (χ0n) is 25.5. The average Bonchev–Trinajstić information content (AvgIpc) is 3.36. The number of esters is 1. The van der Waals surface area contributed by atoms with Gasteiger partial charge in [0, 0.05) is 39.3 Å². The van der Waals surface area contributed by atoms with Crippen molar-refractivity contribution < 1.29 is 45.8 Å². The van der Waals surface area contributed by atoms with E-state index >= 15 is 0 Å². The third-order valence-electron chi connectivity index (χ3n) is 7.99. The number of nitrogens with zero attached hydrogens (tertiary/aromatic N) is 2. The van der Waals surface area contributed by atoms with Crippen LogP contribution in [-0.2, 0) is 17.5 Å². The van der Waals surface area contributed by atoms with Gasteiger partial charge in [-0.2, -0.15) is 13.2 Å². The number of rotatable bonds is 7. The lowest BCUT2D eigenvalue weighted by atomic mass is 9.93. The summed E-state index contributed by atoms with van der Waals surface area (Å²) in [5, 5.41) is 2.83. The summed E-state index contributed by atoms with van der Waals surface area (Å²) >= 11 is 6.60. The number of alkyl halides is 3. The largest absolute Gasteiger partial charge is 0.497 e. The zero-order chi connectivity index (χ0) is 35.2. The highest BCUT2D eigenvalue weighted by Crippen LogP contribution is 2.48. The Labute approximate surface area is 280 Å². The number of halogens is 6. The van der Waals surface area contributed by atoms with E-state index < -0.39 is 52.8 Å². The highest BCUT2D eigenvalue weighted by molar-refractivity contribution is 6.31. The van der Waals surface area contributed by atoms with E-state index in [-0.39, 0.29) is 56.6 Å². The number of carbonyl (C=O) groups excluding carboxylic acids is 3. The van der Waals surface area contributed by atoms with Crippen molar-refractivity contribution >= 4 is 46.0 Å². The van der Waals surface area contributed by atoms with Crippen molar-refractivity contribution in [2.24, 2.45) is 0 Å². The van der Waals surface area contributed by atoms with Gasteiger partial charge in [-0.3, -0.25) is 9.59 Å². The number of hydrogen-bond acceptors (Lipinski definition) is 6. The Morgan fingerprint density at radius 3 is 2.35 bits per heavy atom.